The number of rotatable bonds is 8. The predicted molar refractivity (Wildman–Crippen MR) is 76.1 cm³/mol. The first-order valence-corrected chi connectivity index (χ1v) is 7.03. The molecule has 0 bridgehead atoms. The van der Waals surface area contributed by atoms with Crippen molar-refractivity contribution in [1.82, 2.24) is 5.32 Å². The fraction of sp³-hybridized carbons (Fsp3) is 0.600. The minimum atomic E-state index is -0.561. The lowest BCUT2D eigenvalue weighted by molar-refractivity contribution is 0.107. The molecule has 0 spiro atoms. The number of aliphatic hydroxyl groups excluding tert-OH is 1. The van der Waals surface area contributed by atoms with E-state index >= 15 is 0 Å². The van der Waals surface area contributed by atoms with Crippen molar-refractivity contribution in [2.45, 2.75) is 20.0 Å². The molecule has 112 valence electrons. The van der Waals surface area contributed by atoms with E-state index in [0.29, 0.717) is 24.8 Å². The zero-order valence-corrected chi connectivity index (χ0v) is 12.1. The number of hydrogen-bond acceptors (Lipinski definition) is 5. The zero-order chi connectivity index (χ0) is 14.4. The highest BCUT2D eigenvalue weighted by atomic mass is 16.7. The lowest BCUT2D eigenvalue weighted by atomic mass is 10.1. The molecule has 0 aliphatic carbocycles. The first-order chi connectivity index (χ1) is 9.66. The third-order valence-electron chi connectivity index (χ3n) is 2.99. The third-order valence-corrected chi connectivity index (χ3v) is 2.99. The van der Waals surface area contributed by atoms with Gasteiger partial charge in [-0.2, -0.15) is 0 Å². The van der Waals surface area contributed by atoms with E-state index in [9.17, 15) is 5.11 Å². The summed E-state index contributed by atoms with van der Waals surface area (Å²) >= 11 is 0. The predicted octanol–water partition coefficient (Wildman–Crippen LogP) is 1.71. The standard InChI is InChI=1S/C15H23NO4/c1-11(2)9-18-6-5-16-8-13(17)12-3-4-14-15(7-12)20-10-19-14/h3-4,7,11,13,16-17H,5-6,8-10H2,1-2H3. The Balaban J connectivity index is 1.68. The Bertz CT molecular complexity index is 422. The van der Waals surface area contributed by atoms with Gasteiger partial charge < -0.3 is 24.6 Å². The van der Waals surface area contributed by atoms with E-state index in [2.05, 4.69) is 19.2 Å². The van der Waals surface area contributed by atoms with Crippen LogP contribution in [0.4, 0.5) is 0 Å². The number of nitrogens with one attached hydrogen (secondary N) is 1. The molecule has 0 aromatic heterocycles. The smallest absolute Gasteiger partial charge is 0.231 e. The third kappa shape index (κ3) is 4.37. The highest BCUT2D eigenvalue weighted by Crippen LogP contribution is 2.33. The Kier molecular flexibility index (Phi) is 5.64. The molecule has 5 nitrogen and oxygen atoms in total. The van der Waals surface area contributed by atoms with Crippen LogP contribution < -0.4 is 14.8 Å². The summed E-state index contributed by atoms with van der Waals surface area (Å²) in [5.41, 5.74) is 0.824. The molecule has 20 heavy (non-hydrogen) atoms. The molecular weight excluding hydrogens is 258 g/mol. The molecule has 1 atom stereocenters. The van der Waals surface area contributed by atoms with Gasteiger partial charge >= 0.3 is 0 Å². The molecule has 0 saturated carbocycles. The molecule has 5 heteroatoms. The van der Waals surface area contributed by atoms with Crippen molar-refractivity contribution in [2.24, 2.45) is 5.92 Å². The molecule has 1 aromatic carbocycles. The molecular formula is C15H23NO4. The van der Waals surface area contributed by atoms with Crippen LogP contribution in [-0.4, -0.2) is 38.2 Å². The summed E-state index contributed by atoms with van der Waals surface area (Å²) in [6.07, 6.45) is -0.561. The first kappa shape index (κ1) is 15.1. The lowest BCUT2D eigenvalue weighted by Gasteiger charge is -2.13. The summed E-state index contributed by atoms with van der Waals surface area (Å²) < 4.78 is 16.0. The van der Waals surface area contributed by atoms with Gasteiger partial charge in [0.2, 0.25) is 6.79 Å². The first-order valence-electron chi connectivity index (χ1n) is 7.03. The molecule has 2 N–H and O–H groups in total. The second-order valence-electron chi connectivity index (χ2n) is 5.30. The Morgan fingerprint density at radius 3 is 2.90 bits per heavy atom. The molecule has 1 aliphatic rings. The molecule has 1 aliphatic heterocycles. The van der Waals surface area contributed by atoms with Gasteiger partial charge in [0.1, 0.15) is 0 Å². The average Bonchev–Trinajstić information content (AvgIpc) is 2.89. The van der Waals surface area contributed by atoms with Gasteiger partial charge in [0, 0.05) is 19.7 Å². The van der Waals surface area contributed by atoms with Crippen LogP contribution in [0.15, 0.2) is 18.2 Å². The average molecular weight is 281 g/mol. The number of ether oxygens (including phenoxy) is 3. The minimum Gasteiger partial charge on any atom is -0.454 e. The maximum atomic E-state index is 10.1. The van der Waals surface area contributed by atoms with Crippen LogP contribution in [0.3, 0.4) is 0 Å². The number of hydrogen-bond donors (Lipinski definition) is 2. The van der Waals surface area contributed by atoms with Crippen LogP contribution in [0.5, 0.6) is 11.5 Å². The number of aliphatic hydroxyl groups is 1. The van der Waals surface area contributed by atoms with Crippen molar-refractivity contribution >= 4 is 0 Å². The van der Waals surface area contributed by atoms with Gasteiger partial charge in [0.05, 0.1) is 12.7 Å². The summed E-state index contributed by atoms with van der Waals surface area (Å²) in [6.45, 7) is 7.14. The molecule has 1 heterocycles. The Labute approximate surface area is 119 Å². The van der Waals surface area contributed by atoms with Crippen molar-refractivity contribution < 1.29 is 19.3 Å². The molecule has 2 rings (SSSR count). The van der Waals surface area contributed by atoms with E-state index in [0.717, 1.165) is 24.5 Å². The molecule has 0 fully saturated rings. The van der Waals surface area contributed by atoms with E-state index in [1.54, 1.807) is 0 Å². The van der Waals surface area contributed by atoms with Crippen LogP contribution in [0.25, 0.3) is 0 Å². The zero-order valence-electron chi connectivity index (χ0n) is 12.1. The van der Waals surface area contributed by atoms with E-state index in [-0.39, 0.29) is 6.79 Å². The Hall–Kier alpha value is -1.30. The Morgan fingerprint density at radius 2 is 2.10 bits per heavy atom. The summed E-state index contributed by atoms with van der Waals surface area (Å²) in [6, 6.07) is 5.51. The Morgan fingerprint density at radius 1 is 1.30 bits per heavy atom. The van der Waals surface area contributed by atoms with Gasteiger partial charge in [-0.15, -0.1) is 0 Å². The van der Waals surface area contributed by atoms with Crippen LogP contribution >= 0.6 is 0 Å². The maximum Gasteiger partial charge on any atom is 0.231 e. The summed E-state index contributed by atoms with van der Waals surface area (Å²) in [4.78, 5) is 0. The summed E-state index contributed by atoms with van der Waals surface area (Å²) in [5.74, 6) is 1.98. The normalized spacial score (nSPS) is 14.8. The molecule has 0 radical (unpaired) electrons. The van der Waals surface area contributed by atoms with Crippen molar-refractivity contribution in [2.75, 3.05) is 33.1 Å². The van der Waals surface area contributed by atoms with Gasteiger partial charge in [-0.3, -0.25) is 0 Å². The van der Waals surface area contributed by atoms with E-state index in [1.807, 2.05) is 18.2 Å². The van der Waals surface area contributed by atoms with Crippen molar-refractivity contribution in [3.63, 3.8) is 0 Å². The number of fused-ring (bicyclic) bond motifs is 1. The quantitative estimate of drug-likeness (QED) is 0.710. The SMILES string of the molecule is CC(C)COCCNCC(O)c1ccc2c(c1)OCO2. The molecule has 0 amide bonds. The largest absolute Gasteiger partial charge is 0.454 e. The van der Waals surface area contributed by atoms with Crippen LogP contribution in [0.1, 0.15) is 25.5 Å². The van der Waals surface area contributed by atoms with Crippen molar-refractivity contribution in [3.05, 3.63) is 23.8 Å². The van der Waals surface area contributed by atoms with Gasteiger partial charge in [-0.1, -0.05) is 19.9 Å². The molecule has 1 unspecified atom stereocenters. The lowest BCUT2D eigenvalue weighted by Crippen LogP contribution is -2.25. The van der Waals surface area contributed by atoms with E-state index < -0.39 is 6.10 Å². The summed E-state index contributed by atoms with van der Waals surface area (Å²) in [5, 5.41) is 13.3. The van der Waals surface area contributed by atoms with E-state index in [4.69, 9.17) is 14.2 Å². The van der Waals surface area contributed by atoms with Crippen molar-refractivity contribution in [1.29, 1.82) is 0 Å². The number of benzene rings is 1. The molecule has 1 aromatic rings. The highest BCUT2D eigenvalue weighted by molar-refractivity contribution is 5.45. The fourth-order valence-electron chi connectivity index (χ4n) is 1.94. The highest BCUT2D eigenvalue weighted by Gasteiger charge is 2.16. The van der Waals surface area contributed by atoms with Gasteiger partial charge in [-0.05, 0) is 23.6 Å². The monoisotopic (exact) mass is 281 g/mol. The van der Waals surface area contributed by atoms with Gasteiger partial charge in [0.25, 0.3) is 0 Å². The van der Waals surface area contributed by atoms with Gasteiger partial charge in [0.15, 0.2) is 11.5 Å². The topological polar surface area (TPSA) is 60.0 Å². The van der Waals surface area contributed by atoms with Crippen LogP contribution in [0, 0.1) is 5.92 Å². The fourth-order valence-corrected chi connectivity index (χ4v) is 1.94. The minimum absolute atomic E-state index is 0.250. The summed E-state index contributed by atoms with van der Waals surface area (Å²) in [7, 11) is 0. The van der Waals surface area contributed by atoms with Crippen molar-refractivity contribution in [3.8, 4) is 11.5 Å². The van der Waals surface area contributed by atoms with E-state index in [1.165, 1.54) is 0 Å². The van der Waals surface area contributed by atoms with Crippen LogP contribution in [-0.2, 0) is 4.74 Å². The molecule has 0 saturated heterocycles. The van der Waals surface area contributed by atoms with Gasteiger partial charge in [-0.25, -0.2) is 0 Å². The maximum absolute atomic E-state index is 10.1. The second-order valence-corrected chi connectivity index (χ2v) is 5.30. The van der Waals surface area contributed by atoms with Crippen LogP contribution in [0.2, 0.25) is 0 Å². The second kappa shape index (κ2) is 7.47.